The van der Waals surface area contributed by atoms with E-state index in [0.717, 1.165) is 25.7 Å². The molecule has 0 saturated heterocycles. The van der Waals surface area contributed by atoms with Crippen LogP contribution in [0.1, 0.15) is 72.6 Å². The van der Waals surface area contributed by atoms with Crippen LogP contribution in [0.2, 0.25) is 0 Å². The highest BCUT2D eigenvalue weighted by Crippen LogP contribution is 2.36. The van der Waals surface area contributed by atoms with Gasteiger partial charge in [0.1, 0.15) is 0 Å². The second-order valence-electron chi connectivity index (χ2n) is 6.56. The van der Waals surface area contributed by atoms with Crippen LogP contribution in [-0.4, -0.2) is 10.7 Å². The third-order valence-corrected chi connectivity index (χ3v) is 3.63. The molecule has 0 atom stereocenters. The van der Waals surface area contributed by atoms with Gasteiger partial charge in [-0.2, -0.15) is 0 Å². The van der Waals surface area contributed by atoms with Gasteiger partial charge < -0.3 is 5.11 Å². The fraction of sp³-hybridized carbons (Fsp3) is 0.875. The van der Waals surface area contributed by atoms with Crippen molar-refractivity contribution >= 4 is 0 Å². The summed E-state index contributed by atoms with van der Waals surface area (Å²) in [6.07, 6.45) is 10.3. The van der Waals surface area contributed by atoms with E-state index in [9.17, 15) is 5.11 Å². The Balaban J connectivity index is 2.82. The molecule has 0 fully saturated rings. The summed E-state index contributed by atoms with van der Waals surface area (Å²) in [6.45, 7) is 8.84. The zero-order valence-corrected chi connectivity index (χ0v) is 12.1. The maximum atomic E-state index is 11.0. The van der Waals surface area contributed by atoms with Gasteiger partial charge in [0.05, 0.1) is 5.60 Å². The summed E-state index contributed by atoms with van der Waals surface area (Å²) in [5, 5.41) is 11.0. The van der Waals surface area contributed by atoms with Crippen molar-refractivity contribution < 1.29 is 5.11 Å². The largest absolute Gasteiger partial charge is 0.385 e. The first kappa shape index (κ1) is 14.8. The molecule has 100 valence electrons. The van der Waals surface area contributed by atoms with Crippen molar-refractivity contribution in [2.24, 2.45) is 11.8 Å². The molecule has 0 bridgehead atoms. The van der Waals surface area contributed by atoms with Crippen LogP contribution in [0, 0.1) is 11.8 Å². The van der Waals surface area contributed by atoms with Gasteiger partial charge in [-0.1, -0.05) is 40.2 Å². The highest BCUT2D eigenvalue weighted by Gasteiger charge is 2.32. The lowest BCUT2D eigenvalue weighted by Crippen LogP contribution is -2.34. The molecule has 0 radical (unpaired) electrons. The van der Waals surface area contributed by atoms with Crippen molar-refractivity contribution in [3.05, 3.63) is 11.6 Å². The third-order valence-electron chi connectivity index (χ3n) is 3.63. The van der Waals surface area contributed by atoms with Crippen LogP contribution in [-0.2, 0) is 0 Å². The van der Waals surface area contributed by atoms with Crippen LogP contribution >= 0.6 is 0 Å². The van der Waals surface area contributed by atoms with Crippen molar-refractivity contribution in [3.63, 3.8) is 0 Å². The van der Waals surface area contributed by atoms with Crippen LogP contribution in [0.3, 0.4) is 0 Å². The summed E-state index contributed by atoms with van der Waals surface area (Å²) in [5.41, 5.74) is 0.796. The van der Waals surface area contributed by atoms with Crippen molar-refractivity contribution in [3.8, 4) is 0 Å². The molecule has 0 aromatic heterocycles. The van der Waals surface area contributed by atoms with Gasteiger partial charge in [-0.3, -0.25) is 0 Å². The smallest absolute Gasteiger partial charge is 0.0861 e. The van der Waals surface area contributed by atoms with Crippen LogP contribution < -0.4 is 0 Å². The summed E-state index contributed by atoms with van der Waals surface area (Å²) in [5.74, 6) is 1.12. The predicted molar refractivity (Wildman–Crippen MR) is 75.0 cm³/mol. The standard InChI is InChI=1S/C16H30O/c1-13(2)11-16(17,12-14(3)4)15-9-7-5-6-8-10-15/h9,13-14,17H,5-8,10-12H2,1-4H3. The zero-order valence-electron chi connectivity index (χ0n) is 12.1. The van der Waals surface area contributed by atoms with Crippen LogP contribution in [0.4, 0.5) is 0 Å². The molecule has 0 saturated carbocycles. The van der Waals surface area contributed by atoms with E-state index >= 15 is 0 Å². The maximum absolute atomic E-state index is 11.0. The van der Waals surface area contributed by atoms with Crippen LogP contribution in [0.15, 0.2) is 11.6 Å². The molecular weight excluding hydrogens is 208 g/mol. The zero-order chi connectivity index (χ0) is 12.9. The second kappa shape index (κ2) is 6.58. The van der Waals surface area contributed by atoms with E-state index in [1.165, 1.54) is 24.8 Å². The fourth-order valence-corrected chi connectivity index (χ4v) is 3.13. The molecule has 1 aliphatic rings. The molecular formula is C16H30O. The molecule has 0 amide bonds. The quantitative estimate of drug-likeness (QED) is 0.688. The molecule has 1 rings (SSSR count). The monoisotopic (exact) mass is 238 g/mol. The Bertz CT molecular complexity index is 240. The Morgan fingerprint density at radius 3 is 2.18 bits per heavy atom. The van der Waals surface area contributed by atoms with Gasteiger partial charge in [0.15, 0.2) is 0 Å². The number of allylic oxidation sites excluding steroid dienone is 1. The Morgan fingerprint density at radius 2 is 1.65 bits per heavy atom. The fourth-order valence-electron chi connectivity index (χ4n) is 3.13. The van der Waals surface area contributed by atoms with E-state index in [-0.39, 0.29) is 0 Å². The van der Waals surface area contributed by atoms with Gasteiger partial charge in [0, 0.05) is 0 Å². The topological polar surface area (TPSA) is 20.2 Å². The molecule has 1 N–H and O–H groups in total. The number of rotatable bonds is 5. The molecule has 1 nitrogen and oxygen atoms in total. The maximum Gasteiger partial charge on any atom is 0.0861 e. The van der Waals surface area contributed by atoms with E-state index in [4.69, 9.17) is 0 Å². The predicted octanol–water partition coefficient (Wildman–Crippen LogP) is 4.70. The minimum atomic E-state index is -0.535. The normalized spacial score (nSPS) is 18.4. The summed E-state index contributed by atoms with van der Waals surface area (Å²) < 4.78 is 0. The third kappa shape index (κ3) is 4.83. The number of aliphatic hydroxyl groups is 1. The molecule has 1 heteroatoms. The molecule has 1 aliphatic carbocycles. The summed E-state index contributed by atoms with van der Waals surface area (Å²) >= 11 is 0. The lowest BCUT2D eigenvalue weighted by molar-refractivity contribution is 0.0321. The first-order valence-corrected chi connectivity index (χ1v) is 7.36. The Labute approximate surface area is 107 Å². The van der Waals surface area contributed by atoms with Crippen LogP contribution in [0.25, 0.3) is 0 Å². The van der Waals surface area contributed by atoms with Gasteiger partial charge in [-0.25, -0.2) is 0 Å². The van der Waals surface area contributed by atoms with Crippen molar-refractivity contribution in [1.82, 2.24) is 0 Å². The minimum absolute atomic E-state index is 0.535. The highest BCUT2D eigenvalue weighted by atomic mass is 16.3. The molecule has 0 spiro atoms. The van der Waals surface area contributed by atoms with Gasteiger partial charge in [0.2, 0.25) is 0 Å². The first-order valence-electron chi connectivity index (χ1n) is 7.36. The second-order valence-corrected chi connectivity index (χ2v) is 6.56. The summed E-state index contributed by atoms with van der Waals surface area (Å²) in [7, 11) is 0. The van der Waals surface area contributed by atoms with Crippen molar-refractivity contribution in [1.29, 1.82) is 0 Å². The lowest BCUT2D eigenvalue weighted by atomic mass is 9.78. The number of hydrogen-bond acceptors (Lipinski definition) is 1. The van der Waals surface area contributed by atoms with Gasteiger partial charge in [-0.15, -0.1) is 0 Å². The first-order chi connectivity index (χ1) is 7.94. The molecule has 0 unspecified atom stereocenters. The summed E-state index contributed by atoms with van der Waals surface area (Å²) in [6, 6.07) is 0. The highest BCUT2D eigenvalue weighted by molar-refractivity contribution is 5.18. The van der Waals surface area contributed by atoms with Gasteiger partial charge >= 0.3 is 0 Å². The average molecular weight is 238 g/mol. The molecule has 0 aromatic carbocycles. The molecule has 0 aromatic rings. The summed E-state index contributed by atoms with van der Waals surface area (Å²) in [4.78, 5) is 0. The molecule has 0 heterocycles. The van der Waals surface area contributed by atoms with E-state index < -0.39 is 5.60 Å². The van der Waals surface area contributed by atoms with Crippen molar-refractivity contribution in [2.45, 2.75) is 78.2 Å². The Morgan fingerprint density at radius 1 is 1.06 bits per heavy atom. The van der Waals surface area contributed by atoms with E-state index in [1.54, 1.807) is 0 Å². The Kier molecular flexibility index (Phi) is 5.72. The van der Waals surface area contributed by atoms with Crippen molar-refractivity contribution in [2.75, 3.05) is 0 Å². The minimum Gasteiger partial charge on any atom is -0.385 e. The van der Waals surface area contributed by atoms with E-state index in [2.05, 4.69) is 33.8 Å². The SMILES string of the molecule is CC(C)CC(O)(CC(C)C)C1=CCCCCC1. The van der Waals surface area contributed by atoms with Gasteiger partial charge in [-0.05, 0) is 55.9 Å². The number of hydrogen-bond donors (Lipinski definition) is 1. The Hall–Kier alpha value is -0.300. The lowest BCUT2D eigenvalue weighted by Gasteiger charge is -2.34. The van der Waals surface area contributed by atoms with Gasteiger partial charge in [0.25, 0.3) is 0 Å². The molecule has 17 heavy (non-hydrogen) atoms. The average Bonchev–Trinajstić information content (AvgIpc) is 2.42. The van der Waals surface area contributed by atoms with E-state index in [0.29, 0.717) is 11.8 Å². The van der Waals surface area contributed by atoms with Crippen LogP contribution in [0.5, 0.6) is 0 Å². The van der Waals surface area contributed by atoms with E-state index in [1.807, 2.05) is 0 Å². The molecule has 0 aliphatic heterocycles.